The van der Waals surface area contributed by atoms with E-state index in [0.717, 1.165) is 6.42 Å². The minimum absolute atomic E-state index is 1.10. The van der Waals surface area contributed by atoms with Crippen LogP contribution in [0.2, 0.25) is 0 Å². The topological polar surface area (TPSA) is 0 Å². The average Bonchev–Trinajstić information content (AvgIpc) is 1.99. The van der Waals surface area contributed by atoms with Crippen LogP contribution in [0.25, 0.3) is 0 Å². The molecule has 0 amide bonds. The molecule has 0 radical (unpaired) electrons. The van der Waals surface area contributed by atoms with Crippen molar-refractivity contribution in [3.63, 3.8) is 0 Å². The van der Waals surface area contributed by atoms with E-state index in [0.29, 0.717) is 0 Å². The predicted molar refractivity (Wildman–Crippen MR) is 48.0 cm³/mol. The Bertz CT molecular complexity index is 159. The Morgan fingerprint density at radius 3 is 2.40 bits per heavy atom. The smallest absolute Gasteiger partial charge is 0.0277 e. The molecule has 0 bridgehead atoms. The van der Waals surface area contributed by atoms with Crippen molar-refractivity contribution in [2.75, 3.05) is 0 Å². The highest BCUT2D eigenvalue weighted by atomic mass is 13.9. The van der Waals surface area contributed by atoms with Crippen molar-refractivity contribution in [3.05, 3.63) is 36.0 Å². The molecule has 0 heterocycles. The summed E-state index contributed by atoms with van der Waals surface area (Å²) in [5, 5.41) is 0. The molecule has 0 aromatic carbocycles. The molecule has 10 heavy (non-hydrogen) atoms. The first-order chi connectivity index (χ1) is 4.76. The van der Waals surface area contributed by atoms with Crippen LogP contribution in [0.15, 0.2) is 36.0 Å². The van der Waals surface area contributed by atoms with Crippen molar-refractivity contribution in [2.24, 2.45) is 0 Å². The quantitative estimate of drug-likeness (QED) is 0.521. The van der Waals surface area contributed by atoms with Crippen LogP contribution in [0.1, 0.15) is 27.2 Å². The zero-order valence-electron chi connectivity index (χ0n) is 7.15. The minimum atomic E-state index is 1.10. The highest BCUT2D eigenvalue weighted by Gasteiger charge is 1.89. The second-order valence-corrected chi connectivity index (χ2v) is 2.29. The molecular formula is C10H16. The van der Waals surface area contributed by atoms with E-state index in [1.807, 2.05) is 19.1 Å². The fraction of sp³-hybridized carbons (Fsp3) is 0.400. The van der Waals surface area contributed by atoms with Crippen molar-refractivity contribution in [3.8, 4) is 0 Å². The van der Waals surface area contributed by atoms with Crippen molar-refractivity contribution >= 4 is 0 Å². The number of allylic oxidation sites excluding steroid dienone is 5. The highest BCUT2D eigenvalue weighted by molar-refractivity contribution is 5.33. The summed E-state index contributed by atoms with van der Waals surface area (Å²) < 4.78 is 0. The van der Waals surface area contributed by atoms with Crippen LogP contribution in [0.5, 0.6) is 0 Å². The first-order valence-corrected chi connectivity index (χ1v) is 3.71. The Balaban J connectivity index is 4.44. The summed E-state index contributed by atoms with van der Waals surface area (Å²) in [7, 11) is 0. The van der Waals surface area contributed by atoms with Crippen LogP contribution in [0.4, 0.5) is 0 Å². The molecule has 0 unspecified atom stereocenters. The summed E-state index contributed by atoms with van der Waals surface area (Å²) in [6.45, 7) is 10.1. The monoisotopic (exact) mass is 136 g/mol. The van der Waals surface area contributed by atoms with Crippen LogP contribution in [-0.4, -0.2) is 0 Å². The first kappa shape index (κ1) is 9.22. The van der Waals surface area contributed by atoms with Crippen LogP contribution in [0, 0.1) is 0 Å². The van der Waals surface area contributed by atoms with Gasteiger partial charge in [0.1, 0.15) is 0 Å². The van der Waals surface area contributed by atoms with Gasteiger partial charge in [0.05, 0.1) is 0 Å². The van der Waals surface area contributed by atoms with E-state index in [4.69, 9.17) is 0 Å². The zero-order chi connectivity index (χ0) is 7.98. The normalized spacial score (nSPS) is 13.5. The van der Waals surface area contributed by atoms with Gasteiger partial charge in [0.15, 0.2) is 0 Å². The van der Waals surface area contributed by atoms with Crippen LogP contribution < -0.4 is 0 Å². The third kappa shape index (κ3) is 2.67. The van der Waals surface area contributed by atoms with Gasteiger partial charge in [0, 0.05) is 0 Å². The van der Waals surface area contributed by atoms with Crippen molar-refractivity contribution in [2.45, 2.75) is 27.2 Å². The molecule has 0 fully saturated rings. The van der Waals surface area contributed by atoms with E-state index < -0.39 is 0 Å². The maximum atomic E-state index is 3.74. The molecule has 0 atom stereocenters. The Morgan fingerprint density at radius 1 is 1.50 bits per heavy atom. The molecule has 0 nitrogen and oxygen atoms in total. The Hall–Kier alpha value is -0.780. The molecule has 0 aliphatic rings. The van der Waals surface area contributed by atoms with Crippen molar-refractivity contribution in [1.29, 1.82) is 0 Å². The molecule has 56 valence electrons. The third-order valence-electron chi connectivity index (χ3n) is 1.59. The fourth-order valence-electron chi connectivity index (χ4n) is 0.768. The standard InChI is InChI=1S/C10H16/c1-5-8-10(7-3)9(4)6-2/h5,7-8H,3,6H2,1-2,4H3/b8-5-,10-9+. The van der Waals surface area contributed by atoms with Gasteiger partial charge >= 0.3 is 0 Å². The molecule has 0 rings (SSSR count). The van der Waals surface area contributed by atoms with E-state index in [1.165, 1.54) is 11.1 Å². The van der Waals surface area contributed by atoms with E-state index in [2.05, 4.69) is 26.5 Å². The molecule has 0 heteroatoms. The summed E-state index contributed by atoms with van der Waals surface area (Å²) in [6.07, 6.45) is 7.13. The van der Waals surface area contributed by atoms with Crippen LogP contribution >= 0.6 is 0 Å². The maximum absolute atomic E-state index is 3.74. The zero-order valence-corrected chi connectivity index (χ0v) is 7.15. The molecular weight excluding hydrogens is 120 g/mol. The van der Waals surface area contributed by atoms with Crippen molar-refractivity contribution < 1.29 is 0 Å². The van der Waals surface area contributed by atoms with Crippen LogP contribution in [-0.2, 0) is 0 Å². The van der Waals surface area contributed by atoms with Gasteiger partial charge in [-0.25, -0.2) is 0 Å². The first-order valence-electron chi connectivity index (χ1n) is 3.71. The highest BCUT2D eigenvalue weighted by Crippen LogP contribution is 2.09. The Morgan fingerprint density at radius 2 is 2.10 bits per heavy atom. The summed E-state index contributed by atoms with van der Waals surface area (Å²) in [5.41, 5.74) is 2.65. The minimum Gasteiger partial charge on any atom is -0.0985 e. The molecule has 0 aliphatic carbocycles. The van der Waals surface area contributed by atoms with E-state index in [-0.39, 0.29) is 0 Å². The maximum Gasteiger partial charge on any atom is -0.0277 e. The van der Waals surface area contributed by atoms with Gasteiger partial charge in [-0.1, -0.05) is 37.3 Å². The largest absolute Gasteiger partial charge is 0.0985 e. The molecule has 0 aromatic rings. The predicted octanol–water partition coefficient (Wildman–Crippen LogP) is 3.48. The Kier molecular flexibility index (Phi) is 4.65. The fourth-order valence-corrected chi connectivity index (χ4v) is 0.768. The average molecular weight is 136 g/mol. The number of hydrogen-bond acceptors (Lipinski definition) is 0. The lowest BCUT2D eigenvalue weighted by atomic mass is 10.1. The molecule has 0 spiro atoms. The van der Waals surface area contributed by atoms with Gasteiger partial charge in [-0.2, -0.15) is 0 Å². The van der Waals surface area contributed by atoms with Gasteiger partial charge in [0.2, 0.25) is 0 Å². The molecule has 0 saturated carbocycles. The third-order valence-corrected chi connectivity index (χ3v) is 1.59. The second-order valence-electron chi connectivity index (χ2n) is 2.29. The molecule has 0 aromatic heterocycles. The SMILES string of the molecule is C=CC(/C=C\C)=C(/C)CC. The van der Waals surface area contributed by atoms with E-state index in [1.54, 1.807) is 0 Å². The molecule has 0 N–H and O–H groups in total. The lowest BCUT2D eigenvalue weighted by molar-refractivity contribution is 1.08. The van der Waals surface area contributed by atoms with E-state index >= 15 is 0 Å². The summed E-state index contributed by atoms with van der Waals surface area (Å²) in [4.78, 5) is 0. The van der Waals surface area contributed by atoms with Gasteiger partial charge in [-0.05, 0) is 25.8 Å². The van der Waals surface area contributed by atoms with Gasteiger partial charge in [-0.15, -0.1) is 0 Å². The second kappa shape index (κ2) is 5.04. The van der Waals surface area contributed by atoms with Gasteiger partial charge < -0.3 is 0 Å². The van der Waals surface area contributed by atoms with E-state index in [9.17, 15) is 0 Å². The summed E-state index contributed by atoms with van der Waals surface area (Å²) in [5.74, 6) is 0. The summed E-state index contributed by atoms with van der Waals surface area (Å²) >= 11 is 0. The van der Waals surface area contributed by atoms with Gasteiger partial charge in [0.25, 0.3) is 0 Å². The lowest BCUT2D eigenvalue weighted by Crippen LogP contribution is -1.78. The van der Waals surface area contributed by atoms with Crippen molar-refractivity contribution in [1.82, 2.24) is 0 Å². The van der Waals surface area contributed by atoms with Gasteiger partial charge in [-0.3, -0.25) is 0 Å². The number of rotatable bonds is 3. The Labute approximate surface area is 64.0 Å². The number of hydrogen-bond donors (Lipinski definition) is 0. The summed E-state index contributed by atoms with van der Waals surface area (Å²) in [6, 6.07) is 0. The lowest BCUT2D eigenvalue weighted by Gasteiger charge is -1.98. The van der Waals surface area contributed by atoms with Crippen LogP contribution in [0.3, 0.4) is 0 Å². The molecule has 0 saturated heterocycles. The molecule has 0 aliphatic heterocycles.